The summed E-state index contributed by atoms with van der Waals surface area (Å²) in [5, 5.41) is 9.25. The number of Topliss-reactive ketones (excluding diaryl/α,β-unsaturated/α-hetero) is 1. The Balaban J connectivity index is 0.000000204. The second-order valence-corrected chi connectivity index (χ2v) is 39.1. The summed E-state index contributed by atoms with van der Waals surface area (Å²) < 4.78 is 88.7. The third-order valence-corrected chi connectivity index (χ3v) is 28.5. The van der Waals surface area contributed by atoms with Crippen LogP contribution in [-0.4, -0.2) is 179 Å². The summed E-state index contributed by atoms with van der Waals surface area (Å²) in [5.41, 5.74) is 6.49. The fraction of sp³-hybridized carbons (Fsp3) is 0.707. The first-order valence-corrected chi connectivity index (χ1v) is 43.2. The second-order valence-electron chi connectivity index (χ2n) is 35.2. The highest BCUT2D eigenvalue weighted by atomic mass is 35.5. The first-order chi connectivity index (χ1) is 52.4. The van der Waals surface area contributed by atoms with Crippen molar-refractivity contribution in [3.8, 4) is 23.3 Å². The molecule has 6 heterocycles. The SMILES string of the molecule is C.CC[C@@H]1C[C@]1(CC(=O)[C@@H]1[C@H](C)[C@@H]2CN1C(=O)[C@H](C(C)(C)C)CC(=O)O[C@@H]1C[C@H]1CCCCCc1nc3ccc(OC)cc3nc1O2)C(=O)NS(=O)(=O)C1CC1.CC[C@@H]1C[C@]1(N)C(=O)NS(=O)(=O)C1CC1.COc1ccc2nc3c(nc2c1)O[C@H]1CN(C(=O)[C@H](C(C)(C)C)CC(=O)O[C@@H]2C[C@H]2CCCCC3)[C@H](C(=O)O)[C@@H]1C.Cl. The number of nitrogens with one attached hydrogen (secondary N) is 2. The van der Waals surface area contributed by atoms with E-state index in [1.165, 1.54) is 9.80 Å². The van der Waals surface area contributed by atoms with Crippen LogP contribution in [-0.2, 0) is 80.7 Å². The quantitative estimate of drug-likeness (QED) is 0.0852. The van der Waals surface area contributed by atoms with Crippen LogP contribution in [0.3, 0.4) is 0 Å². The standard InChI is InChI=1S/C41H56N4O9S.C31H41N3O7.C9H16N2O3S.CH4.ClH/c1-7-25-20-41(25,39(49)44-55(50,51)27-14-15-27)21-32(46)36-23(2)34-22-45(36)38(48)28(40(3,4)5)19-35(47)53-33-17-24(33)11-9-8-10-12-30-37(54-34)43-31-18-26(52-6)13-16-29(31)42-30;1-17-25-16-34(27(17)30(37)38)29(36)20(31(2,3)4)15-26(35)40-24-13-18(24)9-7-6-8-10-22-28(41-25)33-23-14-19(39-5)11-12-21(23)32-22;1-2-6-5-9(6,10)8(12)11-15(13,14)7-3-4-7;;/h13,16,18,23-25,27-28,33-34,36H,7-12,14-15,17,19-22H2,1-6H3,(H,44,49);11-12,14,17-18,20,24-25,27H,6-10,13,15-16H2,1-5H3,(H,37,38);6-7H,2-5,10H2,1H3,(H,11,12);1H4;1H/t23-,24-,25-,28-,33-,34+,36+,41-;17-,18-,20-,24-,25+,27+;6-,9-;;/m111../s1. The maximum Gasteiger partial charge on any atom is 0.326 e. The number of nitrogens with zero attached hydrogens (tertiary/aromatic N) is 6. The lowest BCUT2D eigenvalue weighted by Gasteiger charge is -2.35. The van der Waals surface area contributed by atoms with Crippen molar-refractivity contribution in [1.29, 1.82) is 0 Å². The van der Waals surface area contributed by atoms with Gasteiger partial charge >= 0.3 is 17.9 Å². The number of carbonyl (C=O) groups is 8. The number of esters is 2. The molecule has 28 nitrogen and oxygen atoms in total. The summed E-state index contributed by atoms with van der Waals surface area (Å²) in [5.74, 6) is -4.16. The van der Waals surface area contributed by atoms with Gasteiger partial charge in [-0.15, -0.1) is 12.4 Å². The molecule has 4 bridgehead atoms. The van der Waals surface area contributed by atoms with Gasteiger partial charge in [0.05, 0.1) is 102 Å². The molecule has 2 saturated heterocycles. The van der Waals surface area contributed by atoms with Gasteiger partial charge in [-0.3, -0.25) is 43.0 Å². The highest BCUT2D eigenvalue weighted by Crippen LogP contribution is 2.58. The molecule has 6 aliphatic carbocycles. The largest absolute Gasteiger partial charge is 0.497 e. The third-order valence-electron chi connectivity index (χ3n) is 24.9. The van der Waals surface area contributed by atoms with Crippen molar-refractivity contribution >= 4 is 102 Å². The van der Waals surface area contributed by atoms with Crippen molar-refractivity contribution in [2.45, 2.75) is 277 Å². The maximum absolute atomic E-state index is 14.8. The van der Waals surface area contributed by atoms with Gasteiger partial charge in [0.15, 0.2) is 5.78 Å². The highest BCUT2D eigenvalue weighted by Gasteiger charge is 2.63. The first-order valence-electron chi connectivity index (χ1n) is 40.1. The number of aromatic nitrogens is 4. The van der Waals surface area contributed by atoms with E-state index in [1.54, 1.807) is 33.3 Å². The van der Waals surface area contributed by atoms with Gasteiger partial charge in [-0.05, 0) is 149 Å². The van der Waals surface area contributed by atoms with Gasteiger partial charge in [0.1, 0.15) is 53.3 Å². The Hall–Kier alpha value is -7.57. The minimum atomic E-state index is -3.83. The molecule has 31 heteroatoms. The van der Waals surface area contributed by atoms with Crippen LogP contribution >= 0.6 is 12.4 Å². The van der Waals surface area contributed by atoms with Gasteiger partial charge in [-0.25, -0.2) is 41.6 Å². The Morgan fingerprint density at radius 2 is 1.00 bits per heavy atom. The van der Waals surface area contributed by atoms with E-state index in [9.17, 15) is 60.3 Å². The van der Waals surface area contributed by atoms with Crippen LogP contribution in [0, 0.1) is 63.6 Å². The van der Waals surface area contributed by atoms with Crippen LogP contribution in [0.2, 0.25) is 0 Å². The van der Waals surface area contributed by atoms with Crippen LogP contribution in [0.15, 0.2) is 36.4 Å². The number of methoxy groups -OCH3 is 2. The number of aliphatic carboxylic acids is 1. The Morgan fingerprint density at radius 1 is 0.575 bits per heavy atom. The number of sulfonamides is 2. The van der Waals surface area contributed by atoms with Crippen molar-refractivity contribution in [2.24, 2.45) is 69.3 Å². The Morgan fingerprint density at radius 3 is 1.39 bits per heavy atom. The molecule has 0 unspecified atom stereocenters. The van der Waals surface area contributed by atoms with E-state index < -0.39 is 125 Å². The Bertz CT molecular complexity index is 4470. The predicted molar refractivity (Wildman–Crippen MR) is 423 cm³/mol. The minimum Gasteiger partial charge on any atom is -0.497 e. The number of amides is 4. The lowest BCUT2D eigenvalue weighted by molar-refractivity contribution is -0.157. The molecule has 8 fully saturated rings. The third kappa shape index (κ3) is 20.1. The molecule has 113 heavy (non-hydrogen) atoms. The molecule has 6 saturated carbocycles. The average molecular weight is 1630 g/mol. The number of carboxylic acid groups (broad SMARTS) is 1. The molecule has 16 atom stereocenters. The van der Waals surface area contributed by atoms with Gasteiger partial charge in [-0.1, -0.05) is 115 Å². The second kappa shape index (κ2) is 34.7. The van der Waals surface area contributed by atoms with Gasteiger partial charge in [0.25, 0.3) is 5.91 Å². The average Bonchev–Trinajstić information content (AvgIpc) is 1.60. The fourth-order valence-corrected chi connectivity index (χ4v) is 19.6. The number of halogens is 1. The lowest BCUT2D eigenvalue weighted by Crippen LogP contribution is -2.50. The van der Waals surface area contributed by atoms with Crippen molar-refractivity contribution in [2.75, 3.05) is 27.3 Å². The zero-order valence-corrected chi connectivity index (χ0v) is 69.1. The van der Waals surface area contributed by atoms with Crippen LogP contribution in [0.1, 0.15) is 223 Å². The molecule has 2 aromatic carbocycles. The van der Waals surface area contributed by atoms with Crippen LogP contribution in [0.25, 0.3) is 22.1 Å². The molecule has 0 spiro atoms. The summed E-state index contributed by atoms with van der Waals surface area (Å²) in [6.45, 7) is 19.0. The number of carboxylic acids is 1. The van der Waals surface area contributed by atoms with Crippen LogP contribution < -0.4 is 34.1 Å². The summed E-state index contributed by atoms with van der Waals surface area (Å²) in [7, 11) is -4.10. The normalized spacial score (nSPS) is 30.7. The fourth-order valence-electron chi connectivity index (χ4n) is 16.9. The number of carbonyl (C=O) groups excluding carboxylic acids is 7. The molecule has 624 valence electrons. The summed E-state index contributed by atoms with van der Waals surface area (Å²) >= 11 is 0. The number of nitrogens with two attached hydrogens (primary N) is 1. The van der Waals surface area contributed by atoms with E-state index in [2.05, 4.69) is 9.44 Å². The number of fused-ring (bicyclic) bond motifs is 10. The Labute approximate surface area is 670 Å². The van der Waals surface area contributed by atoms with E-state index in [0.717, 1.165) is 81.8 Å². The number of rotatable bonds is 14. The zero-order chi connectivity index (χ0) is 80.2. The number of ketones is 1. The number of hydrogen-bond acceptors (Lipinski definition) is 23. The van der Waals surface area contributed by atoms with Gasteiger partial charge < -0.3 is 49.1 Å². The van der Waals surface area contributed by atoms with Crippen LogP contribution in [0.4, 0.5) is 0 Å². The van der Waals surface area contributed by atoms with Crippen molar-refractivity contribution in [3.63, 3.8) is 0 Å². The summed E-state index contributed by atoms with van der Waals surface area (Å²) in [4.78, 5) is 130. The smallest absolute Gasteiger partial charge is 0.326 e. The van der Waals surface area contributed by atoms with Gasteiger partial charge in [0.2, 0.25) is 49.5 Å². The van der Waals surface area contributed by atoms with E-state index >= 15 is 0 Å². The molecule has 4 amide bonds. The molecular weight excluding hydrogens is 1510 g/mol. The summed E-state index contributed by atoms with van der Waals surface area (Å²) in [6.07, 6.45) is 13.3. The molecule has 4 aromatic rings. The topological polar surface area (TPSA) is 389 Å². The number of hydrogen-bond donors (Lipinski definition) is 4. The molecule has 5 N–H and O–H groups in total. The summed E-state index contributed by atoms with van der Waals surface area (Å²) in [6, 6.07) is 8.92. The van der Waals surface area contributed by atoms with E-state index in [4.69, 9.17) is 54.1 Å². The lowest BCUT2D eigenvalue weighted by atomic mass is 9.77. The number of ether oxygens (including phenoxy) is 6. The van der Waals surface area contributed by atoms with Crippen molar-refractivity contribution < 1.29 is 88.7 Å². The Kier molecular flexibility index (Phi) is 27.0. The van der Waals surface area contributed by atoms with Gasteiger partial charge in [0, 0.05) is 30.4 Å². The predicted octanol–water partition coefficient (Wildman–Crippen LogP) is 10.5. The highest BCUT2D eigenvalue weighted by molar-refractivity contribution is 7.91. The van der Waals surface area contributed by atoms with Gasteiger partial charge in [-0.2, -0.15) is 0 Å². The molecule has 14 rings (SSSR count). The van der Waals surface area contributed by atoms with Crippen LogP contribution in [0.5, 0.6) is 23.3 Å². The van der Waals surface area contributed by atoms with Crippen molar-refractivity contribution in [1.82, 2.24) is 39.2 Å². The monoisotopic (exact) mass is 1630 g/mol. The molecule has 2 aromatic heterocycles. The molecule has 10 aliphatic rings. The number of aryl methyl sites for hydroxylation is 2. The molecule has 4 aliphatic heterocycles. The maximum atomic E-state index is 14.8. The molecular formula is C82H118ClN9O19S2. The van der Waals surface area contributed by atoms with E-state index in [-0.39, 0.29) is 99.1 Å². The first kappa shape index (κ1) is 87.8. The van der Waals surface area contributed by atoms with E-state index in [1.807, 2.05) is 86.6 Å². The van der Waals surface area contributed by atoms with E-state index in [0.29, 0.717) is 115 Å². The minimum absolute atomic E-state index is 0. The zero-order valence-electron chi connectivity index (χ0n) is 66.7. The van der Waals surface area contributed by atoms with Crippen molar-refractivity contribution in [3.05, 3.63) is 47.8 Å². The molecule has 0 radical (unpaired) electrons. The number of benzene rings is 2.